The average molecular weight is 457 g/mol. The van der Waals surface area contributed by atoms with Crippen molar-refractivity contribution in [3.05, 3.63) is 85.3 Å². The standard InChI is InChI=1S/C21H17ClN4O2S2/c22-16-7-3-1-5-13(16)11-14-12-23-20(30-14)25-18(27)9-10-26-19(28)15-6-2-4-8-17(15)24-21(26)29/h1-8,12H,9-11H2,(H,24,29)(H,23,25,27). The molecule has 6 nitrogen and oxygen atoms in total. The number of aromatic amines is 1. The Balaban J connectivity index is 1.41. The van der Waals surface area contributed by atoms with Crippen LogP contribution in [0.25, 0.3) is 10.9 Å². The van der Waals surface area contributed by atoms with Crippen LogP contribution in [0, 0.1) is 4.77 Å². The number of anilines is 1. The molecule has 0 aliphatic rings. The second-order valence-electron chi connectivity index (χ2n) is 6.63. The van der Waals surface area contributed by atoms with Gasteiger partial charge in [0.2, 0.25) is 5.91 Å². The Morgan fingerprint density at radius 3 is 2.80 bits per heavy atom. The molecule has 0 fully saturated rings. The van der Waals surface area contributed by atoms with E-state index in [1.54, 1.807) is 24.4 Å². The van der Waals surface area contributed by atoms with Gasteiger partial charge in [0.15, 0.2) is 9.90 Å². The number of hydrogen-bond acceptors (Lipinski definition) is 5. The number of aromatic nitrogens is 3. The van der Waals surface area contributed by atoms with Crippen LogP contribution >= 0.6 is 35.2 Å². The molecule has 0 spiro atoms. The molecule has 0 unspecified atom stereocenters. The maximum absolute atomic E-state index is 12.6. The molecule has 0 aliphatic heterocycles. The second kappa shape index (κ2) is 8.91. The summed E-state index contributed by atoms with van der Waals surface area (Å²) in [5.41, 5.74) is 1.48. The lowest BCUT2D eigenvalue weighted by atomic mass is 10.1. The molecule has 9 heteroatoms. The zero-order valence-corrected chi connectivity index (χ0v) is 18.1. The van der Waals surface area contributed by atoms with Crippen LogP contribution in [0.3, 0.4) is 0 Å². The number of nitrogens with zero attached hydrogens (tertiary/aromatic N) is 2. The van der Waals surface area contributed by atoms with E-state index in [9.17, 15) is 9.59 Å². The Hall–Kier alpha value is -2.81. The summed E-state index contributed by atoms with van der Waals surface area (Å²) in [5.74, 6) is -0.233. The number of amides is 1. The number of halogens is 1. The van der Waals surface area contributed by atoms with Crippen LogP contribution in [0.2, 0.25) is 5.02 Å². The van der Waals surface area contributed by atoms with E-state index in [1.165, 1.54) is 15.9 Å². The monoisotopic (exact) mass is 456 g/mol. The predicted octanol–water partition coefficient (Wildman–Crippen LogP) is 4.79. The average Bonchev–Trinajstić information content (AvgIpc) is 3.16. The van der Waals surface area contributed by atoms with Crippen molar-refractivity contribution >= 4 is 57.1 Å². The van der Waals surface area contributed by atoms with Gasteiger partial charge >= 0.3 is 0 Å². The second-order valence-corrected chi connectivity index (χ2v) is 8.54. The van der Waals surface area contributed by atoms with Crippen LogP contribution in [0.1, 0.15) is 16.9 Å². The fourth-order valence-corrected chi connectivity index (χ4v) is 4.41. The molecule has 0 saturated carbocycles. The zero-order chi connectivity index (χ0) is 21.1. The number of nitrogens with one attached hydrogen (secondary N) is 2. The van der Waals surface area contributed by atoms with Gasteiger partial charge in [-0.15, -0.1) is 11.3 Å². The summed E-state index contributed by atoms with van der Waals surface area (Å²) in [6.07, 6.45) is 2.48. The van der Waals surface area contributed by atoms with E-state index in [4.69, 9.17) is 23.8 Å². The first-order valence-corrected chi connectivity index (χ1v) is 10.8. The molecule has 2 heterocycles. The summed E-state index contributed by atoms with van der Waals surface area (Å²) in [6, 6.07) is 14.8. The Bertz CT molecular complexity index is 1340. The Morgan fingerprint density at radius 1 is 1.20 bits per heavy atom. The number of hydrogen-bond donors (Lipinski definition) is 2. The first-order chi connectivity index (χ1) is 14.5. The molecular weight excluding hydrogens is 440 g/mol. The van der Waals surface area contributed by atoms with Crippen LogP contribution in [0.5, 0.6) is 0 Å². The zero-order valence-electron chi connectivity index (χ0n) is 15.7. The van der Waals surface area contributed by atoms with Crippen LogP contribution in [-0.4, -0.2) is 20.4 Å². The quantitative estimate of drug-likeness (QED) is 0.409. The number of H-pyrrole nitrogens is 1. The van der Waals surface area contributed by atoms with Gasteiger partial charge in [0.05, 0.1) is 10.9 Å². The number of carbonyl (C=O) groups is 1. The molecule has 152 valence electrons. The molecule has 0 aliphatic carbocycles. The van der Waals surface area contributed by atoms with Crippen molar-refractivity contribution in [1.82, 2.24) is 14.5 Å². The number of benzene rings is 2. The largest absolute Gasteiger partial charge is 0.332 e. The lowest BCUT2D eigenvalue weighted by Crippen LogP contribution is -2.25. The number of carbonyl (C=O) groups excluding carboxylic acids is 1. The van der Waals surface area contributed by atoms with E-state index in [1.807, 2.05) is 30.3 Å². The Labute approximate surface area is 186 Å². The third kappa shape index (κ3) is 4.51. The molecule has 2 aromatic heterocycles. The van der Waals surface area contributed by atoms with Gasteiger partial charge < -0.3 is 10.3 Å². The van der Waals surface area contributed by atoms with Crippen LogP contribution < -0.4 is 10.9 Å². The lowest BCUT2D eigenvalue weighted by molar-refractivity contribution is -0.116. The molecule has 0 saturated heterocycles. The van der Waals surface area contributed by atoms with Crippen molar-refractivity contribution in [2.24, 2.45) is 0 Å². The van der Waals surface area contributed by atoms with Gasteiger partial charge in [-0.2, -0.15) is 0 Å². The van der Waals surface area contributed by atoms with E-state index in [0.29, 0.717) is 32.2 Å². The van der Waals surface area contributed by atoms with Crippen molar-refractivity contribution in [2.45, 2.75) is 19.4 Å². The Kier molecular flexibility index (Phi) is 6.08. The topological polar surface area (TPSA) is 79.8 Å². The predicted molar refractivity (Wildman–Crippen MR) is 123 cm³/mol. The maximum atomic E-state index is 12.6. The van der Waals surface area contributed by atoms with Gasteiger partial charge in [0.1, 0.15) is 0 Å². The third-order valence-corrected chi connectivity index (χ3v) is 6.18. The minimum atomic E-state index is -0.233. The smallest absolute Gasteiger partial charge is 0.262 e. The summed E-state index contributed by atoms with van der Waals surface area (Å²) in [4.78, 5) is 33.3. The number of thiazole rings is 1. The first kappa shape index (κ1) is 20.5. The third-order valence-electron chi connectivity index (χ3n) is 4.57. The van der Waals surface area contributed by atoms with Crippen molar-refractivity contribution in [3.63, 3.8) is 0 Å². The minimum absolute atomic E-state index is 0.106. The van der Waals surface area contributed by atoms with Crippen LogP contribution in [0.4, 0.5) is 5.13 Å². The molecule has 4 aromatic rings. The highest BCUT2D eigenvalue weighted by Crippen LogP contribution is 2.24. The molecule has 0 radical (unpaired) electrons. The summed E-state index contributed by atoms with van der Waals surface area (Å²) in [7, 11) is 0. The fraction of sp³-hybridized carbons (Fsp3) is 0.143. The Morgan fingerprint density at radius 2 is 1.97 bits per heavy atom. The summed E-state index contributed by atoms with van der Waals surface area (Å²) in [6.45, 7) is 0.183. The number of fused-ring (bicyclic) bond motifs is 1. The van der Waals surface area contributed by atoms with E-state index in [0.717, 1.165) is 10.4 Å². The summed E-state index contributed by atoms with van der Waals surface area (Å²) < 4.78 is 1.70. The van der Waals surface area contributed by atoms with Crippen LogP contribution in [-0.2, 0) is 17.8 Å². The van der Waals surface area contributed by atoms with Gasteiger partial charge in [-0.05, 0) is 36.0 Å². The minimum Gasteiger partial charge on any atom is -0.332 e. The van der Waals surface area contributed by atoms with E-state index < -0.39 is 0 Å². The van der Waals surface area contributed by atoms with Gasteiger partial charge in [-0.3, -0.25) is 14.2 Å². The molecular formula is C21H17ClN4O2S2. The molecule has 0 atom stereocenters. The van der Waals surface area contributed by atoms with E-state index in [-0.39, 0.29) is 24.4 Å². The van der Waals surface area contributed by atoms with Crippen molar-refractivity contribution < 1.29 is 4.79 Å². The summed E-state index contributed by atoms with van der Waals surface area (Å²) in [5, 5.41) is 4.54. The highest BCUT2D eigenvalue weighted by Gasteiger charge is 2.11. The van der Waals surface area contributed by atoms with Gasteiger partial charge in [-0.1, -0.05) is 41.9 Å². The van der Waals surface area contributed by atoms with Gasteiger partial charge in [0, 0.05) is 35.5 Å². The number of para-hydroxylation sites is 1. The molecule has 0 bridgehead atoms. The van der Waals surface area contributed by atoms with E-state index in [2.05, 4.69) is 15.3 Å². The molecule has 2 N–H and O–H groups in total. The van der Waals surface area contributed by atoms with E-state index >= 15 is 0 Å². The normalized spacial score (nSPS) is 11.0. The maximum Gasteiger partial charge on any atom is 0.262 e. The SMILES string of the molecule is O=C(CCn1c(=S)[nH]c2ccccc2c1=O)Nc1ncc(Cc2ccccc2Cl)s1. The highest BCUT2D eigenvalue weighted by molar-refractivity contribution is 7.71. The number of rotatable bonds is 6. The molecule has 4 rings (SSSR count). The fourth-order valence-electron chi connectivity index (χ4n) is 3.07. The molecule has 2 aromatic carbocycles. The molecule has 1 amide bonds. The van der Waals surface area contributed by atoms with Crippen molar-refractivity contribution in [1.29, 1.82) is 0 Å². The highest BCUT2D eigenvalue weighted by atomic mass is 35.5. The summed E-state index contributed by atoms with van der Waals surface area (Å²) >= 11 is 12.9. The molecule has 30 heavy (non-hydrogen) atoms. The van der Waals surface area contributed by atoms with Crippen molar-refractivity contribution in [3.8, 4) is 0 Å². The van der Waals surface area contributed by atoms with Gasteiger partial charge in [-0.25, -0.2) is 4.98 Å². The van der Waals surface area contributed by atoms with Gasteiger partial charge in [0.25, 0.3) is 5.56 Å². The lowest BCUT2D eigenvalue weighted by Gasteiger charge is -2.07. The van der Waals surface area contributed by atoms with Crippen LogP contribution in [0.15, 0.2) is 59.5 Å². The van der Waals surface area contributed by atoms with Crippen molar-refractivity contribution in [2.75, 3.05) is 5.32 Å². The first-order valence-electron chi connectivity index (χ1n) is 9.21.